The fraction of sp³-hybridized carbons (Fsp3) is 0.923. The zero-order valence-electron chi connectivity index (χ0n) is 11.3. The molecule has 0 aromatic rings. The van der Waals surface area contributed by atoms with Crippen LogP contribution in [0.5, 0.6) is 0 Å². The highest BCUT2D eigenvalue weighted by molar-refractivity contribution is 5.70. The van der Waals surface area contributed by atoms with Crippen LogP contribution >= 0.6 is 0 Å². The monoisotopic (exact) mass is 256 g/mol. The highest BCUT2D eigenvalue weighted by Crippen LogP contribution is 2.23. The Bertz CT molecular complexity index is 298. The predicted molar refractivity (Wildman–Crippen MR) is 68.6 cm³/mol. The Kier molecular flexibility index (Phi) is 4.59. The first-order valence-electron chi connectivity index (χ1n) is 6.83. The molecule has 0 spiro atoms. The van der Waals surface area contributed by atoms with Crippen molar-refractivity contribution in [3.05, 3.63) is 0 Å². The Morgan fingerprint density at radius 3 is 2.83 bits per heavy atom. The molecular formula is C13H24N2O3. The van der Waals surface area contributed by atoms with Crippen molar-refractivity contribution in [2.24, 2.45) is 5.92 Å². The Morgan fingerprint density at radius 2 is 2.22 bits per heavy atom. The summed E-state index contributed by atoms with van der Waals surface area (Å²) in [4.78, 5) is 15.7. The molecule has 18 heavy (non-hydrogen) atoms. The van der Waals surface area contributed by atoms with Gasteiger partial charge in [0.05, 0.1) is 18.6 Å². The predicted octanol–water partition coefficient (Wildman–Crippen LogP) is 0.502. The van der Waals surface area contributed by atoms with Crippen LogP contribution in [0.15, 0.2) is 0 Å². The van der Waals surface area contributed by atoms with E-state index in [2.05, 4.69) is 23.8 Å². The van der Waals surface area contributed by atoms with Crippen molar-refractivity contribution in [1.29, 1.82) is 0 Å². The molecule has 104 valence electrons. The fourth-order valence-electron chi connectivity index (χ4n) is 2.96. The molecule has 2 fully saturated rings. The van der Waals surface area contributed by atoms with E-state index in [0.717, 1.165) is 45.6 Å². The van der Waals surface area contributed by atoms with Gasteiger partial charge in [-0.25, -0.2) is 0 Å². The molecule has 2 aliphatic heterocycles. The molecule has 1 N–H and O–H groups in total. The minimum Gasteiger partial charge on any atom is -0.481 e. The summed E-state index contributed by atoms with van der Waals surface area (Å²) in [5, 5.41) is 9.05. The summed E-state index contributed by atoms with van der Waals surface area (Å²) >= 11 is 0. The van der Waals surface area contributed by atoms with Gasteiger partial charge in [0.2, 0.25) is 0 Å². The lowest BCUT2D eigenvalue weighted by atomic mass is 9.91. The standard InChI is InChI=1S/C13H24N2O3/c1-10-7-11(13(16)17)3-4-15(10)9-12-8-14(2)5-6-18-12/h10-12H,3-9H2,1-2H3,(H,16,17). The molecule has 0 aromatic carbocycles. The van der Waals surface area contributed by atoms with Gasteiger partial charge in [-0.1, -0.05) is 0 Å². The van der Waals surface area contributed by atoms with Crippen molar-refractivity contribution in [2.45, 2.75) is 31.9 Å². The second-order valence-corrected chi connectivity index (χ2v) is 5.66. The summed E-state index contributed by atoms with van der Waals surface area (Å²) in [5.74, 6) is -0.804. The van der Waals surface area contributed by atoms with E-state index in [1.54, 1.807) is 0 Å². The van der Waals surface area contributed by atoms with E-state index < -0.39 is 5.97 Å². The number of likely N-dealkylation sites (N-methyl/N-ethyl adjacent to an activating group) is 1. The first kappa shape index (κ1) is 13.8. The molecule has 2 saturated heterocycles. The molecular weight excluding hydrogens is 232 g/mol. The number of nitrogens with zero attached hydrogens (tertiary/aromatic N) is 2. The van der Waals surface area contributed by atoms with Gasteiger partial charge in [0.1, 0.15) is 0 Å². The van der Waals surface area contributed by atoms with Crippen molar-refractivity contribution in [3.63, 3.8) is 0 Å². The average molecular weight is 256 g/mol. The second-order valence-electron chi connectivity index (χ2n) is 5.66. The van der Waals surface area contributed by atoms with Crippen molar-refractivity contribution in [2.75, 3.05) is 39.8 Å². The van der Waals surface area contributed by atoms with Crippen molar-refractivity contribution in [1.82, 2.24) is 9.80 Å². The van der Waals surface area contributed by atoms with E-state index >= 15 is 0 Å². The van der Waals surface area contributed by atoms with E-state index in [-0.39, 0.29) is 12.0 Å². The molecule has 5 heteroatoms. The average Bonchev–Trinajstić information content (AvgIpc) is 2.31. The van der Waals surface area contributed by atoms with Crippen LogP contribution in [0, 0.1) is 5.92 Å². The van der Waals surface area contributed by atoms with Crippen LogP contribution in [0.4, 0.5) is 0 Å². The molecule has 0 aromatic heterocycles. The van der Waals surface area contributed by atoms with Gasteiger partial charge in [-0.05, 0) is 33.4 Å². The highest BCUT2D eigenvalue weighted by Gasteiger charge is 2.31. The molecule has 2 aliphatic rings. The van der Waals surface area contributed by atoms with Crippen LogP contribution in [0.1, 0.15) is 19.8 Å². The zero-order valence-corrected chi connectivity index (χ0v) is 11.3. The van der Waals surface area contributed by atoms with Gasteiger partial charge in [0, 0.05) is 25.7 Å². The maximum atomic E-state index is 11.0. The number of hydrogen-bond donors (Lipinski definition) is 1. The summed E-state index contributed by atoms with van der Waals surface area (Å²) in [6, 6.07) is 0.343. The lowest BCUT2D eigenvalue weighted by molar-refractivity contribution is -0.144. The maximum absolute atomic E-state index is 11.0. The third-order valence-electron chi connectivity index (χ3n) is 4.14. The lowest BCUT2D eigenvalue weighted by Crippen LogP contribution is -2.50. The number of rotatable bonds is 3. The summed E-state index contributed by atoms with van der Waals surface area (Å²) < 4.78 is 5.77. The molecule has 0 aliphatic carbocycles. The molecule has 2 rings (SSSR count). The lowest BCUT2D eigenvalue weighted by Gasteiger charge is -2.40. The number of hydrogen-bond acceptors (Lipinski definition) is 4. The number of likely N-dealkylation sites (tertiary alicyclic amines) is 1. The molecule has 3 atom stereocenters. The molecule has 5 nitrogen and oxygen atoms in total. The minimum atomic E-state index is -0.643. The molecule has 2 heterocycles. The molecule has 0 saturated carbocycles. The van der Waals surface area contributed by atoms with Crippen molar-refractivity contribution >= 4 is 5.97 Å². The van der Waals surface area contributed by atoms with Crippen LogP contribution in [0.25, 0.3) is 0 Å². The van der Waals surface area contributed by atoms with Crippen LogP contribution in [-0.2, 0) is 9.53 Å². The van der Waals surface area contributed by atoms with Crippen molar-refractivity contribution < 1.29 is 14.6 Å². The summed E-state index contributed by atoms with van der Waals surface area (Å²) in [6.07, 6.45) is 1.80. The van der Waals surface area contributed by atoms with Crippen molar-refractivity contribution in [3.8, 4) is 0 Å². The Morgan fingerprint density at radius 1 is 1.44 bits per heavy atom. The number of ether oxygens (including phenoxy) is 1. The molecule has 0 bridgehead atoms. The number of aliphatic carboxylic acids is 1. The van der Waals surface area contributed by atoms with Crippen LogP contribution < -0.4 is 0 Å². The molecule has 0 amide bonds. The zero-order chi connectivity index (χ0) is 13.1. The quantitative estimate of drug-likeness (QED) is 0.797. The minimum absolute atomic E-state index is 0.161. The van der Waals surface area contributed by atoms with Gasteiger partial charge in [-0.3, -0.25) is 9.69 Å². The van der Waals surface area contributed by atoms with Gasteiger partial charge >= 0.3 is 5.97 Å². The third kappa shape index (κ3) is 3.43. The van der Waals surface area contributed by atoms with Crippen LogP contribution in [-0.4, -0.2) is 72.9 Å². The normalized spacial score (nSPS) is 35.6. The second kappa shape index (κ2) is 5.99. The maximum Gasteiger partial charge on any atom is 0.306 e. The van der Waals surface area contributed by atoms with E-state index in [0.29, 0.717) is 6.04 Å². The number of carboxylic acid groups (broad SMARTS) is 1. The largest absolute Gasteiger partial charge is 0.481 e. The summed E-state index contributed by atoms with van der Waals surface area (Å²) in [6.45, 7) is 6.72. The Hall–Kier alpha value is -0.650. The topological polar surface area (TPSA) is 53.0 Å². The Labute approximate surface area is 109 Å². The van der Waals surface area contributed by atoms with E-state index in [1.165, 1.54) is 0 Å². The van der Waals surface area contributed by atoms with Gasteiger partial charge in [-0.15, -0.1) is 0 Å². The Balaban J connectivity index is 1.81. The summed E-state index contributed by atoms with van der Waals surface area (Å²) in [5.41, 5.74) is 0. The molecule has 0 radical (unpaired) electrons. The number of morpholine rings is 1. The highest BCUT2D eigenvalue weighted by atomic mass is 16.5. The number of carboxylic acids is 1. The number of carbonyl (C=O) groups is 1. The van der Waals surface area contributed by atoms with Gasteiger partial charge in [0.15, 0.2) is 0 Å². The van der Waals surface area contributed by atoms with E-state index in [4.69, 9.17) is 9.84 Å². The van der Waals surface area contributed by atoms with Crippen LogP contribution in [0.3, 0.4) is 0 Å². The first-order valence-corrected chi connectivity index (χ1v) is 6.83. The van der Waals surface area contributed by atoms with Crippen LogP contribution in [0.2, 0.25) is 0 Å². The summed E-state index contributed by atoms with van der Waals surface area (Å²) in [7, 11) is 2.12. The van der Waals surface area contributed by atoms with E-state index in [9.17, 15) is 4.79 Å². The van der Waals surface area contributed by atoms with Gasteiger partial charge < -0.3 is 14.7 Å². The smallest absolute Gasteiger partial charge is 0.306 e. The molecule has 3 unspecified atom stereocenters. The third-order valence-corrected chi connectivity index (χ3v) is 4.14. The first-order chi connectivity index (χ1) is 8.56. The fourth-order valence-corrected chi connectivity index (χ4v) is 2.96. The SMILES string of the molecule is CC1CC(C(=O)O)CCN1CC1CN(C)CCO1. The van der Waals surface area contributed by atoms with Gasteiger partial charge in [0.25, 0.3) is 0 Å². The van der Waals surface area contributed by atoms with E-state index in [1.807, 2.05) is 0 Å². The number of piperidine rings is 1. The van der Waals surface area contributed by atoms with Gasteiger partial charge in [-0.2, -0.15) is 0 Å².